The summed E-state index contributed by atoms with van der Waals surface area (Å²) in [6.07, 6.45) is 0.211. The molecule has 0 saturated heterocycles. The first-order chi connectivity index (χ1) is 7.93. The smallest absolute Gasteiger partial charge is 0.309 e. The van der Waals surface area contributed by atoms with Gasteiger partial charge in [0.2, 0.25) is 0 Å². The lowest BCUT2D eigenvalue weighted by atomic mass is 10.1. The molecule has 17 heavy (non-hydrogen) atoms. The topological polar surface area (TPSA) is 89.3 Å². The highest BCUT2D eigenvalue weighted by Crippen LogP contribution is 2.24. The van der Waals surface area contributed by atoms with Gasteiger partial charge in [0.05, 0.1) is 29.3 Å². The summed E-state index contributed by atoms with van der Waals surface area (Å²) in [6.45, 7) is 2.41. The van der Waals surface area contributed by atoms with Gasteiger partial charge in [-0.05, 0) is 6.92 Å². The molecule has 1 N–H and O–H groups in total. The zero-order chi connectivity index (χ0) is 12.6. The quantitative estimate of drug-likeness (QED) is 0.824. The summed E-state index contributed by atoms with van der Waals surface area (Å²) in [5.41, 5.74) is 1.86. The third kappa shape index (κ3) is 2.33. The Morgan fingerprint density at radius 3 is 2.82 bits per heavy atom. The summed E-state index contributed by atoms with van der Waals surface area (Å²) in [7, 11) is -3.10. The van der Waals surface area contributed by atoms with Crippen molar-refractivity contribution in [2.75, 3.05) is 5.75 Å². The van der Waals surface area contributed by atoms with Crippen LogP contribution in [0.5, 0.6) is 0 Å². The number of hydrogen-bond donors (Lipinski definition) is 1. The number of aliphatic carboxylic acids is 1. The summed E-state index contributed by atoms with van der Waals surface area (Å²) in [6, 6.07) is 0. The average molecular weight is 258 g/mol. The van der Waals surface area contributed by atoms with Gasteiger partial charge in [0.15, 0.2) is 9.84 Å². The van der Waals surface area contributed by atoms with Gasteiger partial charge < -0.3 is 5.11 Å². The van der Waals surface area contributed by atoms with Crippen LogP contribution in [-0.2, 0) is 39.8 Å². The maximum atomic E-state index is 11.6. The molecule has 0 aromatic carbocycles. The first kappa shape index (κ1) is 12.1. The van der Waals surface area contributed by atoms with E-state index in [0.29, 0.717) is 24.2 Å². The molecule has 0 atom stereocenters. The van der Waals surface area contributed by atoms with E-state index in [1.165, 1.54) is 0 Å². The maximum absolute atomic E-state index is 11.6. The summed E-state index contributed by atoms with van der Waals surface area (Å²) >= 11 is 0. The van der Waals surface area contributed by atoms with E-state index in [4.69, 9.17) is 5.11 Å². The lowest BCUT2D eigenvalue weighted by Crippen LogP contribution is -2.19. The number of nitrogens with zero attached hydrogens (tertiary/aromatic N) is 2. The normalized spacial score (nSPS) is 17.7. The predicted octanol–water partition coefficient (Wildman–Crippen LogP) is 0.00100. The summed E-state index contributed by atoms with van der Waals surface area (Å²) in [5, 5.41) is 13.1. The Morgan fingerprint density at radius 1 is 1.53 bits per heavy atom. The molecule has 0 fully saturated rings. The molecule has 0 amide bonds. The Bertz CT molecular complexity index is 559. The molecule has 6 nitrogen and oxygen atoms in total. The van der Waals surface area contributed by atoms with Crippen LogP contribution in [-0.4, -0.2) is 35.0 Å². The fourth-order valence-corrected chi connectivity index (χ4v) is 3.53. The van der Waals surface area contributed by atoms with E-state index in [9.17, 15) is 13.2 Å². The van der Waals surface area contributed by atoms with Crippen molar-refractivity contribution in [3.8, 4) is 0 Å². The lowest BCUT2D eigenvalue weighted by Gasteiger charge is -2.11. The van der Waals surface area contributed by atoms with Gasteiger partial charge in [-0.15, -0.1) is 0 Å². The van der Waals surface area contributed by atoms with E-state index in [0.717, 1.165) is 5.69 Å². The fourth-order valence-electron chi connectivity index (χ4n) is 2.10. The van der Waals surface area contributed by atoms with Crippen LogP contribution >= 0.6 is 0 Å². The molecule has 0 bridgehead atoms. The number of fused-ring (bicyclic) bond motifs is 1. The molecule has 7 heteroatoms. The SMILES string of the molecule is CCn1nc2c(c1CC(=O)O)CS(=O)(=O)CC2. The second-order valence-corrected chi connectivity index (χ2v) is 6.28. The molecular formula is C10H14N2O4S. The van der Waals surface area contributed by atoms with Crippen molar-refractivity contribution < 1.29 is 18.3 Å². The Hall–Kier alpha value is -1.37. The summed E-state index contributed by atoms with van der Waals surface area (Å²) in [4.78, 5) is 10.8. The van der Waals surface area contributed by atoms with Gasteiger partial charge in [-0.3, -0.25) is 9.48 Å². The Balaban J connectivity index is 2.49. The minimum absolute atomic E-state index is 0.0784. The number of carbonyl (C=O) groups is 1. The molecule has 2 heterocycles. The first-order valence-corrected chi connectivity index (χ1v) is 7.24. The van der Waals surface area contributed by atoms with Gasteiger partial charge >= 0.3 is 5.97 Å². The van der Waals surface area contributed by atoms with Crippen LogP contribution in [0.2, 0.25) is 0 Å². The molecule has 0 saturated carbocycles. The van der Waals surface area contributed by atoms with E-state index in [-0.39, 0.29) is 17.9 Å². The molecule has 0 aliphatic carbocycles. The Morgan fingerprint density at radius 2 is 2.24 bits per heavy atom. The second-order valence-electron chi connectivity index (χ2n) is 4.10. The molecule has 1 aliphatic heterocycles. The van der Waals surface area contributed by atoms with E-state index in [2.05, 4.69) is 5.10 Å². The van der Waals surface area contributed by atoms with E-state index >= 15 is 0 Å². The van der Waals surface area contributed by atoms with Crippen LogP contribution in [0.1, 0.15) is 23.9 Å². The zero-order valence-electron chi connectivity index (χ0n) is 9.51. The second kappa shape index (κ2) is 4.14. The standard InChI is InChI=1S/C10H14N2O4S/c1-2-12-9(5-10(13)14)7-6-17(15,16)4-3-8(7)11-12/h2-6H2,1H3,(H,13,14). The van der Waals surface area contributed by atoms with Crippen molar-refractivity contribution in [3.05, 3.63) is 17.0 Å². The van der Waals surface area contributed by atoms with Gasteiger partial charge in [-0.25, -0.2) is 8.42 Å². The summed E-state index contributed by atoms with van der Waals surface area (Å²) in [5.74, 6) is -0.941. The van der Waals surface area contributed by atoms with Crippen LogP contribution in [0.3, 0.4) is 0 Å². The van der Waals surface area contributed by atoms with Crippen molar-refractivity contribution in [3.63, 3.8) is 0 Å². The molecule has 1 aliphatic rings. The molecule has 1 aromatic heterocycles. The van der Waals surface area contributed by atoms with Crippen LogP contribution in [0.4, 0.5) is 0 Å². The van der Waals surface area contributed by atoms with Crippen molar-refractivity contribution in [2.24, 2.45) is 0 Å². The fraction of sp³-hybridized carbons (Fsp3) is 0.600. The molecule has 0 radical (unpaired) electrons. The maximum Gasteiger partial charge on any atom is 0.309 e. The molecule has 1 aromatic rings. The minimum atomic E-state index is -3.10. The lowest BCUT2D eigenvalue weighted by molar-refractivity contribution is -0.136. The number of carboxylic acid groups (broad SMARTS) is 1. The molecule has 94 valence electrons. The van der Waals surface area contributed by atoms with Crippen LogP contribution in [0, 0.1) is 0 Å². The first-order valence-electron chi connectivity index (χ1n) is 5.42. The molecule has 0 unspecified atom stereocenters. The predicted molar refractivity (Wildman–Crippen MR) is 60.4 cm³/mol. The number of aryl methyl sites for hydroxylation is 2. The van der Waals surface area contributed by atoms with Crippen LogP contribution in [0.25, 0.3) is 0 Å². The van der Waals surface area contributed by atoms with Crippen molar-refractivity contribution >= 4 is 15.8 Å². The third-order valence-electron chi connectivity index (χ3n) is 2.88. The Labute approximate surface area is 99.2 Å². The van der Waals surface area contributed by atoms with Crippen molar-refractivity contribution in [1.29, 1.82) is 0 Å². The molecule has 0 spiro atoms. The number of aromatic nitrogens is 2. The van der Waals surface area contributed by atoms with Gasteiger partial charge in [-0.2, -0.15) is 5.10 Å². The number of rotatable bonds is 3. The van der Waals surface area contributed by atoms with Gasteiger partial charge in [0, 0.05) is 18.5 Å². The number of carboxylic acids is 1. The highest BCUT2D eigenvalue weighted by atomic mass is 32.2. The largest absolute Gasteiger partial charge is 0.481 e. The van der Waals surface area contributed by atoms with Gasteiger partial charge in [0.25, 0.3) is 0 Å². The molecule has 2 rings (SSSR count). The Kier molecular flexibility index (Phi) is 2.94. The zero-order valence-corrected chi connectivity index (χ0v) is 10.3. The number of sulfone groups is 1. The van der Waals surface area contributed by atoms with Crippen molar-refractivity contribution in [1.82, 2.24) is 9.78 Å². The molecular weight excluding hydrogens is 244 g/mol. The third-order valence-corrected chi connectivity index (χ3v) is 4.44. The monoisotopic (exact) mass is 258 g/mol. The highest BCUT2D eigenvalue weighted by molar-refractivity contribution is 7.90. The van der Waals surface area contributed by atoms with E-state index < -0.39 is 15.8 Å². The number of hydrogen-bond acceptors (Lipinski definition) is 4. The van der Waals surface area contributed by atoms with Crippen molar-refractivity contribution in [2.45, 2.75) is 32.1 Å². The average Bonchev–Trinajstić information content (AvgIpc) is 2.54. The highest BCUT2D eigenvalue weighted by Gasteiger charge is 2.28. The van der Waals surface area contributed by atoms with E-state index in [1.807, 2.05) is 6.92 Å². The van der Waals surface area contributed by atoms with Gasteiger partial charge in [-0.1, -0.05) is 0 Å². The van der Waals surface area contributed by atoms with Crippen LogP contribution in [0.15, 0.2) is 0 Å². The minimum Gasteiger partial charge on any atom is -0.481 e. The van der Waals surface area contributed by atoms with E-state index in [1.54, 1.807) is 4.68 Å². The van der Waals surface area contributed by atoms with Crippen LogP contribution < -0.4 is 0 Å². The summed E-state index contributed by atoms with van der Waals surface area (Å²) < 4.78 is 24.7. The van der Waals surface area contributed by atoms with Gasteiger partial charge in [0.1, 0.15) is 0 Å².